The van der Waals surface area contributed by atoms with Crippen molar-refractivity contribution in [2.45, 2.75) is 88.4 Å². The second-order valence-electron chi connectivity index (χ2n) is 18.1. The smallest absolute Gasteiger partial charge is 0.308 e. The van der Waals surface area contributed by atoms with Gasteiger partial charge in [-0.3, -0.25) is 4.79 Å². The van der Waals surface area contributed by atoms with Crippen LogP contribution in [0, 0.1) is 47.3 Å². The fourth-order valence-electron chi connectivity index (χ4n) is 12.0. The first-order valence-electron chi connectivity index (χ1n) is 22.1. The van der Waals surface area contributed by atoms with Gasteiger partial charge in [-0.05, 0) is 145 Å². The molecular weight excluding hydrogens is 719 g/mol. The van der Waals surface area contributed by atoms with Gasteiger partial charge in [0, 0.05) is 17.3 Å². The lowest BCUT2D eigenvalue weighted by atomic mass is 9.48. The van der Waals surface area contributed by atoms with Gasteiger partial charge < -0.3 is 25.8 Å². The van der Waals surface area contributed by atoms with Crippen molar-refractivity contribution in [1.82, 2.24) is 0 Å². The fourth-order valence-corrected chi connectivity index (χ4v) is 12.0. The molecule has 3 aromatic carbocycles. The van der Waals surface area contributed by atoms with Crippen LogP contribution in [-0.4, -0.2) is 40.7 Å². The number of unbranched alkanes of at least 4 members (excludes halogenated alkanes) is 2. The third-order valence-electron chi connectivity index (χ3n) is 14.9. The number of aliphatic hydroxyl groups excluding tert-OH is 1. The van der Waals surface area contributed by atoms with E-state index in [1.807, 2.05) is 6.08 Å². The van der Waals surface area contributed by atoms with E-state index in [9.17, 15) is 24.9 Å². The number of fused-ring (bicyclic) bond motifs is 3. The Hall–Kier alpha value is -4.52. The van der Waals surface area contributed by atoms with E-state index in [1.54, 1.807) is 12.1 Å². The normalized spacial score (nSPS) is 30.2. The van der Waals surface area contributed by atoms with Crippen LogP contribution in [0.4, 0.5) is 0 Å². The van der Waals surface area contributed by atoms with Gasteiger partial charge >= 0.3 is 5.97 Å². The summed E-state index contributed by atoms with van der Waals surface area (Å²) in [5, 5.41) is 35.3. The summed E-state index contributed by atoms with van der Waals surface area (Å²) >= 11 is 0. The third-order valence-corrected chi connectivity index (χ3v) is 14.9. The zero-order chi connectivity index (χ0) is 40.2. The SMILES string of the molecule is NCCC1=C[C@H]([C@@H](C=O)CCCCC[C@H]2CC=C[C@H](CO)[C@H](C(=O)O)[C@@]34C[C@H]5C=c6ccccc6=C[C@@H]5C[C@@H]3C=Cc3ccc(cc34)C[C@H]2c2ccc(O)cc2)CC1. The molecule has 1 saturated carbocycles. The minimum absolute atomic E-state index is 0.00930. The summed E-state index contributed by atoms with van der Waals surface area (Å²) in [6, 6.07) is 23.0. The molecule has 0 saturated heterocycles. The van der Waals surface area contributed by atoms with Gasteiger partial charge in [0.1, 0.15) is 12.0 Å². The number of rotatable bonds is 13. The molecule has 5 aliphatic rings. The van der Waals surface area contributed by atoms with Crippen molar-refractivity contribution in [3.05, 3.63) is 129 Å². The van der Waals surface area contributed by atoms with Crippen LogP contribution < -0.4 is 16.2 Å². The van der Waals surface area contributed by atoms with Crippen LogP contribution >= 0.6 is 0 Å². The molecule has 5 N–H and O–H groups in total. The highest BCUT2D eigenvalue weighted by Gasteiger charge is 2.57. The number of carboxylic acids is 1. The zero-order valence-corrected chi connectivity index (χ0v) is 33.8. The monoisotopic (exact) mass is 779 g/mol. The van der Waals surface area contributed by atoms with Crippen LogP contribution in [0.2, 0.25) is 0 Å². The van der Waals surface area contributed by atoms with E-state index in [-0.39, 0.29) is 41.9 Å². The molecule has 0 radical (unpaired) electrons. The first kappa shape index (κ1) is 40.3. The predicted octanol–water partition coefficient (Wildman–Crippen LogP) is 8.24. The zero-order valence-electron chi connectivity index (χ0n) is 33.8. The van der Waals surface area contributed by atoms with Crippen molar-refractivity contribution in [1.29, 1.82) is 0 Å². The van der Waals surface area contributed by atoms with Gasteiger partial charge in [0.25, 0.3) is 0 Å². The minimum atomic E-state index is -0.841. The summed E-state index contributed by atoms with van der Waals surface area (Å²) in [6.45, 7) is 0.424. The topological polar surface area (TPSA) is 121 Å². The van der Waals surface area contributed by atoms with Crippen molar-refractivity contribution in [2.75, 3.05) is 13.2 Å². The predicted molar refractivity (Wildman–Crippen MR) is 232 cm³/mol. The molecule has 10 atom stereocenters. The summed E-state index contributed by atoms with van der Waals surface area (Å²) in [5.41, 5.74) is 11.1. The Labute approximate surface area is 344 Å². The number of benzene rings is 3. The summed E-state index contributed by atoms with van der Waals surface area (Å²) < 4.78 is 0. The van der Waals surface area contributed by atoms with Crippen LogP contribution in [0.25, 0.3) is 18.2 Å². The molecule has 1 fully saturated rings. The number of aliphatic hydroxyl groups is 1. The highest BCUT2D eigenvalue weighted by atomic mass is 16.4. The molecule has 304 valence electrons. The highest BCUT2D eigenvalue weighted by Crippen LogP contribution is 2.59. The number of hydrogen-bond donors (Lipinski definition) is 4. The van der Waals surface area contributed by atoms with E-state index in [0.29, 0.717) is 24.8 Å². The Kier molecular flexibility index (Phi) is 12.3. The molecule has 5 aliphatic carbocycles. The Morgan fingerprint density at radius 3 is 2.48 bits per heavy atom. The molecule has 1 spiro atoms. The maximum Gasteiger partial charge on any atom is 0.308 e. The van der Waals surface area contributed by atoms with E-state index < -0.39 is 23.2 Å². The van der Waals surface area contributed by atoms with E-state index >= 15 is 0 Å². The molecular formula is C52H61NO5. The van der Waals surface area contributed by atoms with E-state index in [4.69, 9.17) is 5.73 Å². The van der Waals surface area contributed by atoms with Gasteiger partial charge in [-0.15, -0.1) is 0 Å². The number of aliphatic carboxylic acids is 1. The molecule has 58 heavy (non-hydrogen) atoms. The maximum absolute atomic E-state index is 13.8. The average Bonchev–Trinajstić information content (AvgIpc) is 3.69. The average molecular weight is 780 g/mol. The number of carboxylic acid groups (broad SMARTS) is 1. The lowest BCUT2D eigenvalue weighted by Gasteiger charge is -2.55. The quantitative estimate of drug-likeness (QED) is 0.0789. The molecule has 0 heterocycles. The van der Waals surface area contributed by atoms with E-state index in [1.165, 1.54) is 33.4 Å². The largest absolute Gasteiger partial charge is 0.508 e. The van der Waals surface area contributed by atoms with E-state index in [0.717, 1.165) is 81.8 Å². The Morgan fingerprint density at radius 1 is 0.948 bits per heavy atom. The molecule has 6 nitrogen and oxygen atoms in total. The Bertz CT molecular complexity index is 2170. The summed E-state index contributed by atoms with van der Waals surface area (Å²) in [7, 11) is 0. The van der Waals surface area contributed by atoms with Gasteiger partial charge in [-0.1, -0.05) is 122 Å². The molecule has 8 rings (SSSR count). The van der Waals surface area contributed by atoms with Crippen molar-refractivity contribution in [3.8, 4) is 5.75 Å². The summed E-state index contributed by atoms with van der Waals surface area (Å²) in [6.07, 6.45) is 28.1. The number of carbonyl (C=O) groups is 2. The molecule has 0 aliphatic heterocycles. The van der Waals surface area contributed by atoms with Crippen LogP contribution in [-0.2, 0) is 21.4 Å². The maximum atomic E-state index is 13.8. The number of aldehydes is 1. The van der Waals surface area contributed by atoms with Crippen LogP contribution in [0.3, 0.4) is 0 Å². The minimum Gasteiger partial charge on any atom is -0.508 e. The first-order chi connectivity index (χ1) is 28.3. The number of allylic oxidation sites excluding steroid dienone is 3. The lowest BCUT2D eigenvalue weighted by molar-refractivity contribution is -0.149. The summed E-state index contributed by atoms with van der Waals surface area (Å²) in [5.74, 6) is -0.633. The molecule has 3 aromatic rings. The van der Waals surface area contributed by atoms with Crippen molar-refractivity contribution in [2.24, 2.45) is 53.1 Å². The molecule has 0 aromatic heterocycles. The van der Waals surface area contributed by atoms with Crippen molar-refractivity contribution >= 4 is 30.5 Å². The number of phenolic OH excluding ortho intramolecular Hbond substituents is 1. The van der Waals surface area contributed by atoms with Crippen LogP contribution in [0.1, 0.15) is 98.8 Å². The van der Waals surface area contributed by atoms with Gasteiger partial charge in [-0.25, -0.2) is 0 Å². The number of carbonyl (C=O) groups excluding carboxylic acids is 1. The number of hydrogen-bond acceptors (Lipinski definition) is 5. The first-order valence-corrected chi connectivity index (χ1v) is 22.1. The lowest BCUT2D eigenvalue weighted by Crippen LogP contribution is -2.55. The Morgan fingerprint density at radius 2 is 1.74 bits per heavy atom. The van der Waals surface area contributed by atoms with Gasteiger partial charge in [0.05, 0.1) is 12.5 Å². The standard InChI is InChI=1S/C52H61NO5/c53-24-23-34-13-16-41(25-34)42(32-54)10-3-1-2-7-36-11-6-12-43(33-55)50(51(57)58)52-31-45-29-40-9-5-4-8-39(40)28-44(45)30-46(52)20-17-38-15-14-35(27-49(38)52)26-48(36)37-18-21-47(56)22-19-37/h4-6,8-9,12,14-15,17-22,25,27-29,32,36,41-46,48,50,55-56H,1-3,7,10-11,13,16,23-24,26,30-31,33,53H2,(H,57,58)/t36-,41+,42+,43+,44+,45+,46-,48+,50+,52-/m0/s1. The molecule has 0 amide bonds. The van der Waals surface area contributed by atoms with Gasteiger partial charge in [0.15, 0.2) is 0 Å². The van der Waals surface area contributed by atoms with Gasteiger partial charge in [0.2, 0.25) is 0 Å². The highest BCUT2D eigenvalue weighted by molar-refractivity contribution is 5.76. The summed E-state index contributed by atoms with van der Waals surface area (Å²) in [4.78, 5) is 26.0. The molecule has 2 bridgehead atoms. The van der Waals surface area contributed by atoms with Crippen LogP contribution in [0.15, 0.2) is 96.6 Å². The van der Waals surface area contributed by atoms with E-state index in [2.05, 4.69) is 91.1 Å². The van der Waals surface area contributed by atoms with Crippen molar-refractivity contribution in [3.63, 3.8) is 0 Å². The number of aromatic hydroxyl groups is 1. The second-order valence-corrected chi connectivity index (χ2v) is 18.1. The number of phenols is 1. The van der Waals surface area contributed by atoms with Gasteiger partial charge in [-0.2, -0.15) is 0 Å². The second kappa shape index (κ2) is 17.8. The number of nitrogens with two attached hydrogens (primary N) is 1. The van der Waals surface area contributed by atoms with Crippen LogP contribution in [0.5, 0.6) is 5.75 Å². The third kappa shape index (κ3) is 8.07. The fraction of sp³-hybridized carbons (Fsp3) is 0.462. The van der Waals surface area contributed by atoms with Crippen molar-refractivity contribution < 1.29 is 24.9 Å². The molecule has 6 heteroatoms. The molecule has 0 unspecified atom stereocenters. The Balaban J connectivity index is 1.12.